The fraction of sp³-hybridized carbons (Fsp3) is 0.818. The largest absolute Gasteiger partial charge is 0.462 e. The van der Waals surface area contributed by atoms with Gasteiger partial charge in [-0.2, -0.15) is 0 Å². The molecule has 0 aliphatic rings. The van der Waals surface area contributed by atoms with E-state index in [0.717, 1.165) is 77.0 Å². The molecule has 0 saturated carbocycles. The number of carbonyl (C=O) groups is 2. The predicted molar refractivity (Wildman–Crippen MR) is 311 cm³/mol. The van der Waals surface area contributed by atoms with Crippen LogP contribution in [0.2, 0.25) is 0 Å². The van der Waals surface area contributed by atoms with E-state index in [4.69, 9.17) is 9.47 Å². The van der Waals surface area contributed by atoms with Crippen LogP contribution in [0, 0.1) is 0 Å². The number of allylic oxidation sites excluding steroid dienone is 10. The highest BCUT2D eigenvalue weighted by atomic mass is 16.6. The number of hydrogen-bond donors (Lipinski definition) is 1. The van der Waals surface area contributed by atoms with Gasteiger partial charge < -0.3 is 14.6 Å². The fourth-order valence-corrected chi connectivity index (χ4v) is 9.41. The minimum atomic E-state index is -0.780. The first-order valence-electron chi connectivity index (χ1n) is 31.3. The van der Waals surface area contributed by atoms with Gasteiger partial charge in [-0.3, -0.25) is 9.59 Å². The minimum absolute atomic E-state index is 0.0691. The Kier molecular flexibility index (Phi) is 59.8. The maximum atomic E-state index is 12.3. The molecule has 0 aliphatic heterocycles. The normalized spacial score (nSPS) is 12.5. The van der Waals surface area contributed by atoms with E-state index in [1.807, 2.05) is 0 Å². The van der Waals surface area contributed by atoms with Crippen molar-refractivity contribution in [3.63, 3.8) is 0 Å². The molecule has 5 heteroatoms. The number of rotatable bonds is 58. The van der Waals surface area contributed by atoms with Crippen LogP contribution in [0.5, 0.6) is 0 Å². The van der Waals surface area contributed by atoms with Crippen molar-refractivity contribution < 1.29 is 24.2 Å². The van der Waals surface area contributed by atoms with Gasteiger partial charge in [-0.05, 0) is 57.8 Å². The maximum absolute atomic E-state index is 12.3. The van der Waals surface area contributed by atoms with Gasteiger partial charge in [0.2, 0.25) is 0 Å². The second-order valence-electron chi connectivity index (χ2n) is 21.1. The monoisotopic (exact) mass is 993 g/mol. The zero-order valence-electron chi connectivity index (χ0n) is 47.5. The number of carbonyl (C=O) groups excluding carboxylic acids is 2. The van der Waals surface area contributed by atoms with Crippen LogP contribution in [0.4, 0.5) is 0 Å². The van der Waals surface area contributed by atoms with Crippen molar-refractivity contribution in [3.8, 4) is 0 Å². The van der Waals surface area contributed by atoms with Crippen molar-refractivity contribution in [1.29, 1.82) is 0 Å². The Hall–Kier alpha value is -2.40. The number of aliphatic hydroxyl groups excluding tert-OH is 1. The van der Waals surface area contributed by atoms with Gasteiger partial charge in [-0.1, -0.05) is 319 Å². The van der Waals surface area contributed by atoms with Crippen LogP contribution < -0.4 is 0 Å². The van der Waals surface area contributed by atoms with Crippen molar-refractivity contribution in [2.24, 2.45) is 0 Å². The lowest BCUT2D eigenvalue weighted by Gasteiger charge is -2.15. The quantitative estimate of drug-likeness (QED) is 0.0373. The van der Waals surface area contributed by atoms with E-state index < -0.39 is 6.10 Å². The van der Waals surface area contributed by atoms with E-state index in [1.165, 1.54) is 225 Å². The lowest BCUT2D eigenvalue weighted by molar-refractivity contribution is -0.161. The highest BCUT2D eigenvalue weighted by molar-refractivity contribution is 5.70. The Morgan fingerprint density at radius 2 is 0.606 bits per heavy atom. The molecular formula is C66H120O5. The highest BCUT2D eigenvalue weighted by Gasteiger charge is 2.16. The summed E-state index contributed by atoms with van der Waals surface area (Å²) in [5.41, 5.74) is 0. The van der Waals surface area contributed by atoms with Crippen molar-refractivity contribution in [3.05, 3.63) is 60.8 Å². The van der Waals surface area contributed by atoms with Crippen molar-refractivity contribution in [2.75, 3.05) is 13.2 Å². The molecule has 1 N–H and O–H groups in total. The summed E-state index contributed by atoms with van der Waals surface area (Å²) in [5, 5.41) is 9.67. The van der Waals surface area contributed by atoms with Crippen LogP contribution in [0.15, 0.2) is 60.8 Å². The van der Waals surface area contributed by atoms with Crippen LogP contribution in [0.3, 0.4) is 0 Å². The van der Waals surface area contributed by atoms with E-state index in [0.29, 0.717) is 12.8 Å². The summed E-state index contributed by atoms with van der Waals surface area (Å²) in [6, 6.07) is 0. The number of hydrogen-bond acceptors (Lipinski definition) is 5. The molecule has 0 aromatic rings. The van der Waals surface area contributed by atoms with Crippen molar-refractivity contribution in [1.82, 2.24) is 0 Å². The molecule has 0 heterocycles. The van der Waals surface area contributed by atoms with E-state index in [1.54, 1.807) is 0 Å². The minimum Gasteiger partial charge on any atom is -0.462 e. The maximum Gasteiger partial charge on any atom is 0.306 e. The first-order chi connectivity index (χ1) is 35.1. The first kappa shape index (κ1) is 68.6. The third kappa shape index (κ3) is 60.1. The van der Waals surface area contributed by atoms with Crippen LogP contribution in [0.1, 0.15) is 328 Å². The van der Waals surface area contributed by atoms with Crippen LogP contribution in [-0.4, -0.2) is 36.4 Å². The second-order valence-corrected chi connectivity index (χ2v) is 21.1. The zero-order valence-corrected chi connectivity index (χ0v) is 47.5. The SMILES string of the molecule is CC/C=C\C/C=C\C/C=C\C/C=C\C/C=C\CCCCCCCCCC(=O)OC(CO)COC(=O)CCCCCCCCCCCCCCCCCCCCCCCCCCCCCCCCCCCC. The Morgan fingerprint density at radius 3 is 0.915 bits per heavy atom. The molecule has 0 aromatic carbocycles. The summed E-state index contributed by atoms with van der Waals surface area (Å²) in [6.45, 7) is 4.06. The van der Waals surface area contributed by atoms with Crippen LogP contribution in [0.25, 0.3) is 0 Å². The average Bonchev–Trinajstić information content (AvgIpc) is 3.37. The van der Waals surface area contributed by atoms with Crippen molar-refractivity contribution in [2.45, 2.75) is 335 Å². The summed E-state index contributed by atoms with van der Waals surface area (Å²) in [6.07, 6.45) is 83.7. The lowest BCUT2D eigenvalue weighted by Crippen LogP contribution is -2.28. The molecule has 0 saturated heterocycles. The van der Waals surface area contributed by atoms with E-state index >= 15 is 0 Å². The van der Waals surface area contributed by atoms with E-state index in [2.05, 4.69) is 74.6 Å². The smallest absolute Gasteiger partial charge is 0.306 e. The summed E-state index contributed by atoms with van der Waals surface area (Å²) in [4.78, 5) is 24.6. The number of esters is 2. The average molecular weight is 994 g/mol. The molecule has 0 aliphatic carbocycles. The Bertz CT molecular complexity index is 1210. The van der Waals surface area contributed by atoms with Gasteiger partial charge in [0.05, 0.1) is 6.61 Å². The van der Waals surface area contributed by atoms with E-state index in [-0.39, 0.29) is 25.2 Å². The Morgan fingerprint density at radius 1 is 0.338 bits per heavy atom. The third-order valence-electron chi connectivity index (χ3n) is 14.1. The molecule has 71 heavy (non-hydrogen) atoms. The number of unbranched alkanes of at least 4 members (excludes halogenated alkanes) is 40. The zero-order chi connectivity index (χ0) is 51.3. The Balaban J connectivity index is 3.42. The van der Waals surface area contributed by atoms with Crippen molar-refractivity contribution >= 4 is 11.9 Å². The molecule has 0 aromatic heterocycles. The summed E-state index contributed by atoms with van der Waals surface area (Å²) in [5.74, 6) is -0.591. The molecule has 0 radical (unpaired) electrons. The van der Waals surface area contributed by atoms with Gasteiger partial charge >= 0.3 is 11.9 Å². The third-order valence-corrected chi connectivity index (χ3v) is 14.1. The molecule has 5 nitrogen and oxygen atoms in total. The number of ether oxygens (including phenoxy) is 2. The highest BCUT2D eigenvalue weighted by Crippen LogP contribution is 2.18. The van der Waals surface area contributed by atoms with Gasteiger partial charge in [0, 0.05) is 12.8 Å². The topological polar surface area (TPSA) is 72.8 Å². The molecule has 1 unspecified atom stereocenters. The molecule has 414 valence electrons. The molecule has 0 amide bonds. The van der Waals surface area contributed by atoms with Gasteiger partial charge in [-0.15, -0.1) is 0 Å². The second kappa shape index (κ2) is 61.9. The van der Waals surface area contributed by atoms with E-state index in [9.17, 15) is 14.7 Å². The molecule has 0 spiro atoms. The van der Waals surface area contributed by atoms with Gasteiger partial charge in [-0.25, -0.2) is 0 Å². The van der Waals surface area contributed by atoms with Crippen LogP contribution in [-0.2, 0) is 19.1 Å². The first-order valence-corrected chi connectivity index (χ1v) is 31.3. The molecule has 0 rings (SSSR count). The van der Waals surface area contributed by atoms with Gasteiger partial charge in [0.15, 0.2) is 6.10 Å². The van der Waals surface area contributed by atoms with Gasteiger partial charge in [0.25, 0.3) is 0 Å². The predicted octanol–water partition coefficient (Wildman–Crippen LogP) is 21.4. The molecule has 1 atom stereocenters. The fourth-order valence-electron chi connectivity index (χ4n) is 9.41. The molecular weight excluding hydrogens is 873 g/mol. The van der Waals surface area contributed by atoms with Gasteiger partial charge in [0.1, 0.15) is 6.61 Å². The standard InChI is InChI=1S/C66H120O5/c1-3-5-7-9-11-13-15-17-19-21-23-25-27-28-29-30-31-32-33-34-35-36-37-39-40-42-44-46-48-50-52-54-56-58-60-65(68)70-63-64(62-67)71-66(69)61-59-57-55-53-51-49-47-45-43-41-38-26-24-22-20-18-16-14-12-10-8-6-4-2/h6,8,12,14,18,20,24,26,41,43,64,67H,3-5,7,9-11,13,15-17,19,21-23,25,27-40,42,44-63H2,1-2H3/b8-6-,14-12-,20-18-,26-24-,43-41-. The Labute approximate surface area is 442 Å². The molecule has 0 fully saturated rings. The summed E-state index contributed by atoms with van der Waals surface area (Å²) >= 11 is 0. The molecule has 0 bridgehead atoms. The lowest BCUT2D eigenvalue weighted by atomic mass is 10.0. The summed E-state index contributed by atoms with van der Waals surface area (Å²) < 4.78 is 10.7. The van der Waals surface area contributed by atoms with Crippen LogP contribution >= 0.6 is 0 Å². The number of aliphatic hydroxyl groups is 1. The summed E-state index contributed by atoms with van der Waals surface area (Å²) in [7, 11) is 0.